The van der Waals surface area contributed by atoms with E-state index in [2.05, 4.69) is 10.6 Å². The van der Waals surface area contributed by atoms with E-state index >= 15 is 0 Å². The molecule has 3 N–H and O–H groups in total. The number of aliphatic hydroxyl groups excluding tert-OH is 1. The van der Waals surface area contributed by atoms with Crippen LogP contribution in [0, 0.1) is 0 Å². The van der Waals surface area contributed by atoms with E-state index in [0.717, 1.165) is 12.2 Å². The van der Waals surface area contributed by atoms with E-state index in [1.807, 2.05) is 32.9 Å². The number of benzene rings is 1. The second-order valence-corrected chi connectivity index (χ2v) is 4.91. The summed E-state index contributed by atoms with van der Waals surface area (Å²) in [6, 6.07) is 6.96. The summed E-state index contributed by atoms with van der Waals surface area (Å²) in [6.07, 6.45) is 1.47. The second kappa shape index (κ2) is 8.43. The van der Waals surface area contributed by atoms with Crippen LogP contribution in [-0.2, 0) is 0 Å². The summed E-state index contributed by atoms with van der Waals surface area (Å²) in [5.74, 6) is 0.776. The van der Waals surface area contributed by atoms with Crippen LogP contribution in [0.2, 0.25) is 0 Å². The van der Waals surface area contributed by atoms with Gasteiger partial charge in [-0.3, -0.25) is 0 Å². The van der Waals surface area contributed by atoms with Crippen LogP contribution < -0.4 is 15.4 Å². The Hall–Kier alpha value is -1.75. The summed E-state index contributed by atoms with van der Waals surface area (Å²) in [4.78, 5) is 11.8. The minimum Gasteiger partial charge on any atom is -0.491 e. The molecule has 20 heavy (non-hydrogen) atoms. The molecule has 0 fully saturated rings. The van der Waals surface area contributed by atoms with Crippen molar-refractivity contribution in [2.24, 2.45) is 0 Å². The first-order valence-corrected chi connectivity index (χ1v) is 7.00. The number of amides is 2. The van der Waals surface area contributed by atoms with Crippen LogP contribution >= 0.6 is 0 Å². The van der Waals surface area contributed by atoms with E-state index in [4.69, 9.17) is 9.84 Å². The Kier molecular flexibility index (Phi) is 6.87. The number of aliphatic hydroxyl groups is 1. The number of hydrogen-bond donors (Lipinski definition) is 3. The second-order valence-electron chi connectivity index (χ2n) is 4.91. The molecule has 1 aromatic rings. The molecule has 0 radical (unpaired) electrons. The first-order valence-electron chi connectivity index (χ1n) is 7.00. The van der Waals surface area contributed by atoms with Gasteiger partial charge in [-0.2, -0.15) is 0 Å². The number of hydrogen-bond acceptors (Lipinski definition) is 3. The zero-order valence-corrected chi connectivity index (χ0v) is 12.3. The first kappa shape index (κ1) is 16.3. The normalized spacial score (nSPS) is 12.1. The molecule has 0 heterocycles. The summed E-state index contributed by atoms with van der Waals surface area (Å²) in [7, 11) is 0. The van der Waals surface area contributed by atoms with Gasteiger partial charge in [0.05, 0.1) is 6.10 Å². The number of carbonyl (C=O) groups excluding carboxylic acids is 1. The van der Waals surface area contributed by atoms with Gasteiger partial charge < -0.3 is 20.5 Å². The van der Waals surface area contributed by atoms with E-state index in [9.17, 15) is 4.79 Å². The van der Waals surface area contributed by atoms with Gasteiger partial charge in [0.25, 0.3) is 0 Å². The zero-order chi connectivity index (χ0) is 15.0. The van der Waals surface area contributed by atoms with Crippen LogP contribution in [0.25, 0.3) is 0 Å². The van der Waals surface area contributed by atoms with Crippen LogP contribution in [0.5, 0.6) is 5.75 Å². The van der Waals surface area contributed by atoms with Gasteiger partial charge in [-0.05, 0) is 51.0 Å². The largest absolute Gasteiger partial charge is 0.491 e. The molecule has 0 spiro atoms. The Labute approximate surface area is 120 Å². The highest BCUT2D eigenvalue weighted by Gasteiger charge is 2.09. The lowest BCUT2D eigenvalue weighted by Gasteiger charge is -2.16. The highest BCUT2D eigenvalue weighted by molar-refractivity contribution is 5.89. The molecule has 1 atom stereocenters. The topological polar surface area (TPSA) is 70.6 Å². The van der Waals surface area contributed by atoms with Crippen LogP contribution in [0.15, 0.2) is 24.3 Å². The van der Waals surface area contributed by atoms with Gasteiger partial charge in [-0.25, -0.2) is 4.79 Å². The van der Waals surface area contributed by atoms with Crippen molar-refractivity contribution in [1.82, 2.24) is 5.32 Å². The monoisotopic (exact) mass is 280 g/mol. The minimum absolute atomic E-state index is 0.0106. The fraction of sp³-hybridized carbons (Fsp3) is 0.533. The average Bonchev–Trinajstić information content (AvgIpc) is 2.40. The molecular formula is C15H24N2O3. The highest BCUT2D eigenvalue weighted by Crippen LogP contribution is 2.16. The van der Waals surface area contributed by atoms with Gasteiger partial charge >= 0.3 is 6.03 Å². The molecule has 1 aromatic carbocycles. The molecule has 2 amide bonds. The van der Waals surface area contributed by atoms with Gasteiger partial charge in [-0.15, -0.1) is 0 Å². The van der Waals surface area contributed by atoms with Crippen molar-refractivity contribution in [3.8, 4) is 5.75 Å². The molecular weight excluding hydrogens is 256 g/mol. The van der Waals surface area contributed by atoms with Crippen molar-refractivity contribution in [3.05, 3.63) is 24.3 Å². The third kappa shape index (κ3) is 5.93. The van der Waals surface area contributed by atoms with Gasteiger partial charge in [0.2, 0.25) is 0 Å². The molecule has 0 saturated carbocycles. The summed E-state index contributed by atoms with van der Waals surface area (Å²) in [5.41, 5.74) is 0.706. The third-order valence-corrected chi connectivity index (χ3v) is 2.79. The Balaban J connectivity index is 2.49. The molecule has 1 rings (SSSR count). The van der Waals surface area contributed by atoms with Crippen LogP contribution in [-0.4, -0.2) is 29.9 Å². The van der Waals surface area contributed by atoms with E-state index in [-0.39, 0.29) is 24.8 Å². The van der Waals surface area contributed by atoms with Gasteiger partial charge in [0, 0.05) is 18.3 Å². The van der Waals surface area contributed by atoms with Crippen molar-refractivity contribution >= 4 is 11.7 Å². The SMILES string of the molecule is CCC(CCO)NC(=O)Nc1ccc(OC(C)C)cc1. The Bertz CT molecular complexity index is 404. The number of carbonyl (C=O) groups is 1. The molecule has 0 aliphatic carbocycles. The molecule has 0 aliphatic rings. The quantitative estimate of drug-likeness (QED) is 0.719. The van der Waals surface area contributed by atoms with E-state index in [0.29, 0.717) is 12.1 Å². The standard InChI is InChI=1S/C15H24N2O3/c1-4-12(9-10-18)16-15(19)17-13-5-7-14(8-6-13)20-11(2)3/h5-8,11-12,18H,4,9-10H2,1-3H3,(H2,16,17,19). The summed E-state index contributed by atoms with van der Waals surface area (Å²) in [5, 5.41) is 14.5. The van der Waals surface area contributed by atoms with Gasteiger partial charge in [-0.1, -0.05) is 6.92 Å². The summed E-state index contributed by atoms with van der Waals surface area (Å²) < 4.78 is 5.53. The number of rotatable bonds is 7. The predicted octanol–water partition coefficient (Wildman–Crippen LogP) is 2.76. The Morgan fingerprint density at radius 1 is 1.30 bits per heavy atom. The van der Waals surface area contributed by atoms with Crippen LogP contribution in [0.4, 0.5) is 10.5 Å². The predicted molar refractivity (Wildman–Crippen MR) is 80.1 cm³/mol. The van der Waals surface area contributed by atoms with Gasteiger partial charge in [0.15, 0.2) is 0 Å². The van der Waals surface area contributed by atoms with Crippen LogP contribution in [0.3, 0.4) is 0 Å². The number of anilines is 1. The molecule has 5 heteroatoms. The first-order chi connectivity index (χ1) is 9.55. The lowest BCUT2D eigenvalue weighted by molar-refractivity contribution is 0.237. The number of ether oxygens (including phenoxy) is 1. The molecule has 0 aliphatic heterocycles. The van der Waals surface area contributed by atoms with Crippen molar-refractivity contribution in [2.45, 2.75) is 45.8 Å². The van der Waals surface area contributed by atoms with Crippen molar-refractivity contribution in [1.29, 1.82) is 0 Å². The molecule has 0 aromatic heterocycles. The van der Waals surface area contributed by atoms with Gasteiger partial charge in [0.1, 0.15) is 5.75 Å². The fourth-order valence-electron chi connectivity index (χ4n) is 1.78. The maximum absolute atomic E-state index is 11.8. The highest BCUT2D eigenvalue weighted by atomic mass is 16.5. The lowest BCUT2D eigenvalue weighted by Crippen LogP contribution is -2.38. The fourth-order valence-corrected chi connectivity index (χ4v) is 1.78. The zero-order valence-electron chi connectivity index (χ0n) is 12.3. The van der Waals surface area contributed by atoms with Crippen LogP contribution in [0.1, 0.15) is 33.6 Å². The Morgan fingerprint density at radius 2 is 1.95 bits per heavy atom. The van der Waals surface area contributed by atoms with E-state index in [1.165, 1.54) is 0 Å². The molecule has 0 bridgehead atoms. The van der Waals surface area contributed by atoms with Crippen molar-refractivity contribution in [2.75, 3.05) is 11.9 Å². The lowest BCUT2D eigenvalue weighted by atomic mass is 10.2. The third-order valence-electron chi connectivity index (χ3n) is 2.79. The van der Waals surface area contributed by atoms with E-state index < -0.39 is 0 Å². The molecule has 0 saturated heterocycles. The maximum atomic E-state index is 11.8. The smallest absolute Gasteiger partial charge is 0.319 e. The molecule has 112 valence electrons. The molecule has 5 nitrogen and oxygen atoms in total. The summed E-state index contributed by atoms with van der Waals surface area (Å²) in [6.45, 7) is 5.97. The average molecular weight is 280 g/mol. The van der Waals surface area contributed by atoms with Crippen molar-refractivity contribution < 1.29 is 14.6 Å². The number of urea groups is 1. The van der Waals surface area contributed by atoms with E-state index in [1.54, 1.807) is 12.1 Å². The molecule has 1 unspecified atom stereocenters. The summed E-state index contributed by atoms with van der Waals surface area (Å²) >= 11 is 0. The Morgan fingerprint density at radius 3 is 2.45 bits per heavy atom. The number of nitrogens with one attached hydrogen (secondary N) is 2. The van der Waals surface area contributed by atoms with Crippen molar-refractivity contribution in [3.63, 3.8) is 0 Å². The minimum atomic E-state index is -0.261. The maximum Gasteiger partial charge on any atom is 0.319 e.